The smallest absolute Gasteiger partial charge is 0.495 e. The number of benzene rings is 2. The van der Waals surface area contributed by atoms with Gasteiger partial charge in [0.25, 0.3) is 0 Å². The molecule has 11 heteroatoms. The summed E-state index contributed by atoms with van der Waals surface area (Å²) in [5.74, 6) is 0.633. The van der Waals surface area contributed by atoms with Crippen LogP contribution in [0.3, 0.4) is 0 Å². The fourth-order valence-electron chi connectivity index (χ4n) is 3.45. The fourth-order valence-corrected chi connectivity index (χ4v) is 3.69. The molecule has 2 N–H and O–H groups in total. The third-order valence-corrected chi connectivity index (χ3v) is 5.43. The number of alkyl halides is 3. The summed E-state index contributed by atoms with van der Waals surface area (Å²) in [5, 5.41) is 2.70. The molecular formula is C24H25ClF3N2O5+. The Kier molecular flexibility index (Phi) is 8.63. The number of aromatic nitrogens is 1. The predicted molar refractivity (Wildman–Crippen MR) is 124 cm³/mol. The molecule has 1 heterocycles. The Bertz CT molecular complexity index is 1190. The van der Waals surface area contributed by atoms with Crippen molar-refractivity contribution in [1.29, 1.82) is 0 Å². The molecule has 0 atom stereocenters. The number of rotatable bonds is 9. The molecule has 0 aliphatic heterocycles. The van der Waals surface area contributed by atoms with Crippen LogP contribution in [0.4, 0.5) is 18.0 Å². The maximum Gasteiger partial charge on any atom is 0.511 e. The topological polar surface area (TPSA) is 83.5 Å². The van der Waals surface area contributed by atoms with Gasteiger partial charge in [0, 0.05) is 29.1 Å². The lowest BCUT2D eigenvalue weighted by Crippen LogP contribution is -2.79. The van der Waals surface area contributed by atoms with Crippen molar-refractivity contribution in [1.82, 2.24) is 4.98 Å². The van der Waals surface area contributed by atoms with Gasteiger partial charge in [0.05, 0.1) is 36.8 Å². The second-order valence-corrected chi connectivity index (χ2v) is 7.94. The van der Waals surface area contributed by atoms with Crippen molar-refractivity contribution in [2.24, 2.45) is 0 Å². The van der Waals surface area contributed by atoms with E-state index in [-0.39, 0.29) is 17.4 Å². The van der Waals surface area contributed by atoms with Crippen LogP contribution in [0, 0.1) is 6.92 Å². The lowest BCUT2D eigenvalue weighted by atomic mass is 9.99. The van der Waals surface area contributed by atoms with Crippen LogP contribution < -0.4 is 14.8 Å². The molecule has 0 bridgehead atoms. The van der Waals surface area contributed by atoms with Crippen LogP contribution in [0.1, 0.15) is 17.7 Å². The molecule has 188 valence electrons. The lowest BCUT2D eigenvalue weighted by Gasteiger charge is -2.18. The summed E-state index contributed by atoms with van der Waals surface area (Å²) in [6.07, 6.45) is -4.70. The van der Waals surface area contributed by atoms with Gasteiger partial charge in [-0.2, -0.15) is 13.2 Å². The Balaban J connectivity index is 1.97. The maximum atomic E-state index is 13.1. The van der Waals surface area contributed by atoms with Gasteiger partial charge < -0.3 is 24.3 Å². The molecule has 35 heavy (non-hydrogen) atoms. The summed E-state index contributed by atoms with van der Waals surface area (Å²) in [7, 11) is 3.37. The van der Waals surface area contributed by atoms with E-state index in [1.54, 1.807) is 19.1 Å². The number of aryl methyl sites for hydroxylation is 1. The standard InChI is InChI=1S/C24H24ClF3N2O5/c1-14-21(15-5-7-16(8-6-15)24(26,27)28)22(34-13-35-23(31)33-10-4-9-29-2)17-11-18(25)20(32-3)12-19(17)30-14/h5-8,11-12,29H,4,9-10,13H2,1-3H3/p+1. The quantitative estimate of drug-likeness (QED) is 0.247. The summed E-state index contributed by atoms with van der Waals surface area (Å²) < 4.78 is 60.2. The van der Waals surface area contributed by atoms with E-state index in [0.29, 0.717) is 39.9 Å². The summed E-state index contributed by atoms with van der Waals surface area (Å²) in [6, 6.07) is 7.81. The summed E-state index contributed by atoms with van der Waals surface area (Å²) in [4.78, 5) is 16.4. The van der Waals surface area contributed by atoms with Gasteiger partial charge in [0.15, 0.2) is 0 Å². The normalized spacial score (nSPS) is 11.4. The molecule has 0 saturated heterocycles. The van der Waals surface area contributed by atoms with Crippen molar-refractivity contribution < 1.29 is 42.2 Å². The van der Waals surface area contributed by atoms with Gasteiger partial charge in [-0.15, -0.1) is 0 Å². The van der Waals surface area contributed by atoms with Gasteiger partial charge in [-0.05, 0) is 30.7 Å². The number of pyridine rings is 1. The predicted octanol–water partition coefficient (Wildman–Crippen LogP) is 4.96. The second-order valence-electron chi connectivity index (χ2n) is 7.54. The first-order valence-electron chi connectivity index (χ1n) is 10.7. The zero-order chi connectivity index (χ0) is 25.6. The van der Waals surface area contributed by atoms with Crippen LogP contribution in [0.15, 0.2) is 36.4 Å². The van der Waals surface area contributed by atoms with Crippen LogP contribution in [0.5, 0.6) is 11.5 Å². The first kappa shape index (κ1) is 26.4. The number of quaternary nitrogens is 1. The molecule has 0 amide bonds. The van der Waals surface area contributed by atoms with E-state index in [4.69, 9.17) is 30.5 Å². The van der Waals surface area contributed by atoms with E-state index in [0.717, 1.165) is 18.7 Å². The highest BCUT2D eigenvalue weighted by Crippen LogP contribution is 2.42. The van der Waals surface area contributed by atoms with E-state index >= 15 is 0 Å². The number of ether oxygens (including phenoxy) is 4. The highest BCUT2D eigenvalue weighted by molar-refractivity contribution is 6.33. The van der Waals surface area contributed by atoms with Crippen molar-refractivity contribution in [3.8, 4) is 22.6 Å². The van der Waals surface area contributed by atoms with Gasteiger partial charge in [-0.3, -0.25) is 4.98 Å². The Labute approximate surface area is 205 Å². The first-order valence-corrected chi connectivity index (χ1v) is 11.1. The average molecular weight is 514 g/mol. The molecule has 2 aromatic carbocycles. The van der Waals surface area contributed by atoms with Crippen molar-refractivity contribution in [3.05, 3.63) is 52.7 Å². The molecule has 1 aromatic heterocycles. The van der Waals surface area contributed by atoms with Gasteiger partial charge in [0.1, 0.15) is 18.1 Å². The number of carbonyl (C=O) groups excluding carboxylic acids is 1. The molecule has 0 aliphatic rings. The summed E-state index contributed by atoms with van der Waals surface area (Å²) in [6.45, 7) is 2.20. The minimum absolute atomic E-state index is 0.201. The molecule has 7 nitrogen and oxygen atoms in total. The van der Waals surface area contributed by atoms with E-state index < -0.39 is 24.7 Å². The number of fused-ring (bicyclic) bond motifs is 1. The SMILES string of the molecule is C[NH2+]CCCOC(=O)OCOc1c(-c2ccc(C(F)(F)F)cc2)c(C)nc2cc(OC)c(Cl)cc12. The van der Waals surface area contributed by atoms with Gasteiger partial charge in [0.2, 0.25) is 6.79 Å². The minimum Gasteiger partial charge on any atom is -0.495 e. The Morgan fingerprint density at radius 2 is 1.86 bits per heavy atom. The van der Waals surface area contributed by atoms with Crippen molar-refractivity contribution in [3.63, 3.8) is 0 Å². The van der Waals surface area contributed by atoms with Crippen LogP contribution in [-0.2, 0) is 15.7 Å². The average Bonchev–Trinajstić information content (AvgIpc) is 2.81. The molecule has 0 aliphatic carbocycles. The van der Waals surface area contributed by atoms with E-state index in [1.165, 1.54) is 19.2 Å². The third kappa shape index (κ3) is 6.46. The number of nitrogens with zero attached hydrogens (tertiary/aromatic N) is 1. The summed E-state index contributed by atoms with van der Waals surface area (Å²) in [5.41, 5.74) is 1.05. The molecular weight excluding hydrogens is 489 g/mol. The van der Waals surface area contributed by atoms with Crippen LogP contribution in [-0.4, -0.2) is 45.2 Å². The number of hydrogen-bond donors (Lipinski definition) is 1. The highest BCUT2D eigenvalue weighted by atomic mass is 35.5. The van der Waals surface area contributed by atoms with Crippen LogP contribution >= 0.6 is 11.6 Å². The minimum atomic E-state index is -4.47. The number of carbonyl (C=O) groups is 1. The molecule has 0 saturated carbocycles. The van der Waals surface area contributed by atoms with Crippen molar-refractivity contribution in [2.45, 2.75) is 19.5 Å². The zero-order valence-corrected chi connectivity index (χ0v) is 20.1. The fraction of sp³-hybridized carbons (Fsp3) is 0.333. The number of methoxy groups -OCH3 is 1. The third-order valence-electron chi connectivity index (χ3n) is 5.13. The number of halogens is 4. The molecule has 0 unspecified atom stereocenters. The summed E-state index contributed by atoms with van der Waals surface area (Å²) >= 11 is 6.31. The van der Waals surface area contributed by atoms with Crippen molar-refractivity contribution >= 4 is 28.7 Å². The Hall–Kier alpha value is -3.24. The van der Waals surface area contributed by atoms with Crippen LogP contribution in [0.2, 0.25) is 5.02 Å². The highest BCUT2D eigenvalue weighted by Gasteiger charge is 2.30. The zero-order valence-electron chi connectivity index (χ0n) is 19.4. The van der Waals surface area contributed by atoms with Gasteiger partial charge in [-0.1, -0.05) is 23.7 Å². The van der Waals surface area contributed by atoms with E-state index in [1.807, 2.05) is 12.4 Å². The molecule has 0 radical (unpaired) electrons. The first-order chi connectivity index (χ1) is 16.7. The molecule has 0 spiro atoms. The van der Waals surface area contributed by atoms with Gasteiger partial charge in [-0.25, -0.2) is 4.79 Å². The lowest BCUT2D eigenvalue weighted by molar-refractivity contribution is -0.627. The second kappa shape index (κ2) is 11.5. The largest absolute Gasteiger partial charge is 0.511 e. The monoisotopic (exact) mass is 513 g/mol. The van der Waals surface area contributed by atoms with E-state index in [9.17, 15) is 18.0 Å². The Morgan fingerprint density at radius 1 is 1.14 bits per heavy atom. The Morgan fingerprint density at radius 3 is 2.49 bits per heavy atom. The maximum absolute atomic E-state index is 13.1. The molecule has 3 aromatic rings. The number of hydrogen-bond acceptors (Lipinski definition) is 6. The van der Waals surface area contributed by atoms with Gasteiger partial charge >= 0.3 is 12.3 Å². The number of nitrogens with two attached hydrogens (primary N) is 1. The molecule has 0 fully saturated rings. The van der Waals surface area contributed by atoms with E-state index in [2.05, 4.69) is 4.98 Å². The van der Waals surface area contributed by atoms with Crippen LogP contribution in [0.25, 0.3) is 22.0 Å². The molecule has 3 rings (SSSR count). The van der Waals surface area contributed by atoms with Crippen molar-refractivity contribution in [2.75, 3.05) is 34.1 Å².